The fourth-order valence-electron chi connectivity index (χ4n) is 3.22. The molecule has 0 aliphatic heterocycles. The van der Waals surface area contributed by atoms with Crippen LogP contribution in [0.15, 0.2) is 60.8 Å². The predicted molar refractivity (Wildman–Crippen MR) is 111 cm³/mol. The fourth-order valence-corrected chi connectivity index (χ4v) is 3.22. The van der Waals surface area contributed by atoms with Gasteiger partial charge in [0.05, 0.1) is 12.2 Å². The van der Waals surface area contributed by atoms with Crippen LogP contribution >= 0.6 is 0 Å². The van der Waals surface area contributed by atoms with Crippen LogP contribution in [0.4, 0.5) is 23.7 Å². The minimum Gasteiger partial charge on any atom is -0.345 e. The number of amides is 2. The monoisotopic (exact) mass is 415 g/mol. The van der Waals surface area contributed by atoms with Crippen LogP contribution in [0.25, 0.3) is 0 Å². The highest BCUT2D eigenvalue weighted by Gasteiger charge is 2.19. The molecule has 0 aliphatic carbocycles. The van der Waals surface area contributed by atoms with Crippen LogP contribution in [0.5, 0.6) is 0 Å². The van der Waals surface area contributed by atoms with Gasteiger partial charge in [-0.2, -0.15) is 0 Å². The summed E-state index contributed by atoms with van der Waals surface area (Å²) in [4.78, 5) is 14.4. The largest absolute Gasteiger partial charge is 0.345 e. The lowest BCUT2D eigenvalue weighted by Crippen LogP contribution is -2.37. The number of aromatic nitrogens is 1. The van der Waals surface area contributed by atoms with Crippen LogP contribution in [0.1, 0.15) is 25.1 Å². The van der Waals surface area contributed by atoms with Crippen LogP contribution in [0.2, 0.25) is 0 Å². The Balaban J connectivity index is 1.76. The third-order valence-electron chi connectivity index (χ3n) is 4.56. The van der Waals surface area contributed by atoms with Gasteiger partial charge in [0, 0.05) is 31.0 Å². The van der Waals surface area contributed by atoms with E-state index in [2.05, 4.69) is 5.32 Å². The van der Waals surface area contributed by atoms with Crippen LogP contribution in [-0.2, 0) is 13.1 Å². The van der Waals surface area contributed by atoms with Gasteiger partial charge in [0.2, 0.25) is 0 Å². The lowest BCUT2D eigenvalue weighted by atomic mass is 10.2. The number of nitrogens with one attached hydrogen (secondary N) is 1. The zero-order valence-corrected chi connectivity index (χ0v) is 16.9. The molecule has 0 fully saturated rings. The van der Waals surface area contributed by atoms with Crippen molar-refractivity contribution >= 4 is 11.7 Å². The second kappa shape index (κ2) is 9.52. The Labute approximate surface area is 173 Å². The number of nitrogens with zero attached hydrogens (tertiary/aromatic N) is 2. The number of urea groups is 1. The number of anilines is 1. The molecule has 1 aromatic heterocycles. The minimum absolute atomic E-state index is 0.0784. The van der Waals surface area contributed by atoms with E-state index >= 15 is 0 Å². The maximum atomic E-state index is 13.9. The number of hydrogen-bond donors (Lipinski definition) is 1. The summed E-state index contributed by atoms with van der Waals surface area (Å²) in [5, 5.41) is 2.52. The van der Waals surface area contributed by atoms with Crippen LogP contribution in [0.3, 0.4) is 0 Å². The highest BCUT2D eigenvalue weighted by Crippen LogP contribution is 2.18. The van der Waals surface area contributed by atoms with E-state index in [1.165, 1.54) is 18.2 Å². The first-order valence-corrected chi connectivity index (χ1v) is 9.71. The van der Waals surface area contributed by atoms with Crippen molar-refractivity contribution in [3.63, 3.8) is 0 Å². The summed E-state index contributed by atoms with van der Waals surface area (Å²) in [5.41, 5.74) is 1.58. The van der Waals surface area contributed by atoms with E-state index < -0.39 is 17.7 Å². The maximum Gasteiger partial charge on any atom is 0.322 e. The maximum absolute atomic E-state index is 13.9. The van der Waals surface area contributed by atoms with Crippen molar-refractivity contribution in [1.29, 1.82) is 0 Å². The molecule has 0 spiro atoms. The first-order valence-electron chi connectivity index (χ1n) is 9.71. The van der Waals surface area contributed by atoms with Gasteiger partial charge >= 0.3 is 6.03 Å². The van der Waals surface area contributed by atoms with Gasteiger partial charge < -0.3 is 14.8 Å². The lowest BCUT2D eigenvalue weighted by Gasteiger charge is -2.26. The van der Waals surface area contributed by atoms with E-state index in [0.717, 1.165) is 23.4 Å². The Morgan fingerprint density at radius 1 is 1.03 bits per heavy atom. The number of carbonyl (C=O) groups excluding carboxylic acids is 1. The average molecular weight is 415 g/mol. The zero-order valence-electron chi connectivity index (χ0n) is 16.9. The van der Waals surface area contributed by atoms with E-state index in [0.29, 0.717) is 13.1 Å². The summed E-state index contributed by atoms with van der Waals surface area (Å²) in [6.45, 7) is 5.15. The van der Waals surface area contributed by atoms with Crippen molar-refractivity contribution in [3.8, 4) is 0 Å². The predicted octanol–water partition coefficient (Wildman–Crippen LogP) is 5.64. The topological polar surface area (TPSA) is 37.3 Å². The molecular weight excluding hydrogens is 391 g/mol. The molecule has 3 aromatic rings. The van der Waals surface area contributed by atoms with Crippen LogP contribution < -0.4 is 5.32 Å². The summed E-state index contributed by atoms with van der Waals surface area (Å²) in [6, 6.07) is 12.6. The molecule has 0 saturated heterocycles. The van der Waals surface area contributed by atoms with Gasteiger partial charge in [-0.05, 0) is 47.9 Å². The molecule has 0 unspecified atom stereocenters. The highest BCUT2D eigenvalue weighted by molar-refractivity contribution is 5.89. The van der Waals surface area contributed by atoms with Gasteiger partial charge in [-0.3, -0.25) is 0 Å². The van der Waals surface area contributed by atoms with Gasteiger partial charge in [-0.1, -0.05) is 26.0 Å². The summed E-state index contributed by atoms with van der Waals surface area (Å²) in [6.07, 6.45) is 1.87. The van der Waals surface area contributed by atoms with Crippen LogP contribution in [0, 0.1) is 23.4 Å². The molecule has 4 nitrogen and oxygen atoms in total. The fraction of sp³-hybridized carbons (Fsp3) is 0.261. The summed E-state index contributed by atoms with van der Waals surface area (Å²) >= 11 is 0. The van der Waals surface area contributed by atoms with E-state index in [4.69, 9.17) is 0 Å². The Morgan fingerprint density at radius 2 is 1.80 bits per heavy atom. The Morgan fingerprint density at radius 3 is 2.50 bits per heavy atom. The molecular formula is C23H24F3N3O. The second-order valence-electron chi connectivity index (χ2n) is 7.59. The summed E-state index contributed by atoms with van der Waals surface area (Å²) in [7, 11) is 0. The lowest BCUT2D eigenvalue weighted by molar-refractivity contribution is 0.200. The Bertz CT molecular complexity index is 1020. The van der Waals surface area contributed by atoms with Crippen LogP contribution in [-0.4, -0.2) is 22.0 Å². The minimum atomic E-state index is -0.831. The van der Waals surface area contributed by atoms with Crippen molar-refractivity contribution in [1.82, 2.24) is 9.47 Å². The standard InChI is InChI=1S/C23H24F3N3O/c1-16(2)13-29(23(30)27-22-9-8-19(25)12-21(22)26)15-20-7-4-10-28(20)14-17-5-3-6-18(24)11-17/h3-12,16H,13-15H2,1-2H3,(H,27,30). The molecule has 1 heterocycles. The zero-order chi connectivity index (χ0) is 21.7. The molecule has 2 aromatic carbocycles. The van der Waals surface area contributed by atoms with Gasteiger partial charge in [-0.15, -0.1) is 0 Å². The molecule has 1 N–H and O–H groups in total. The molecule has 0 bridgehead atoms. The van der Waals surface area contributed by atoms with E-state index in [1.807, 2.05) is 42.8 Å². The van der Waals surface area contributed by atoms with E-state index in [9.17, 15) is 18.0 Å². The first-order chi connectivity index (χ1) is 14.3. The van der Waals surface area contributed by atoms with E-state index in [-0.39, 0.29) is 24.0 Å². The van der Waals surface area contributed by atoms with Crippen molar-refractivity contribution in [2.75, 3.05) is 11.9 Å². The van der Waals surface area contributed by atoms with Crippen molar-refractivity contribution in [2.24, 2.45) is 5.92 Å². The van der Waals surface area contributed by atoms with Crippen molar-refractivity contribution < 1.29 is 18.0 Å². The molecule has 0 atom stereocenters. The molecule has 0 saturated carbocycles. The quantitative estimate of drug-likeness (QED) is 0.532. The Kier molecular flexibility index (Phi) is 6.82. The number of rotatable bonds is 7. The normalized spacial score (nSPS) is 11.0. The highest BCUT2D eigenvalue weighted by atomic mass is 19.1. The smallest absolute Gasteiger partial charge is 0.322 e. The molecule has 2 amide bonds. The summed E-state index contributed by atoms with van der Waals surface area (Å²) in [5.74, 6) is -1.66. The number of benzene rings is 2. The van der Waals surface area contributed by atoms with Gasteiger partial charge in [0.25, 0.3) is 0 Å². The van der Waals surface area contributed by atoms with Crippen molar-refractivity contribution in [2.45, 2.75) is 26.9 Å². The van der Waals surface area contributed by atoms with Crippen molar-refractivity contribution in [3.05, 3.63) is 89.5 Å². The second-order valence-corrected chi connectivity index (χ2v) is 7.59. The third-order valence-corrected chi connectivity index (χ3v) is 4.56. The summed E-state index contributed by atoms with van der Waals surface area (Å²) < 4.78 is 42.5. The molecule has 3 rings (SSSR count). The first kappa shape index (κ1) is 21.5. The van der Waals surface area contributed by atoms with Gasteiger partial charge in [-0.25, -0.2) is 18.0 Å². The molecule has 0 radical (unpaired) electrons. The molecule has 30 heavy (non-hydrogen) atoms. The number of halogens is 3. The van der Waals surface area contributed by atoms with Gasteiger partial charge in [0.1, 0.15) is 17.5 Å². The molecule has 158 valence electrons. The molecule has 7 heteroatoms. The van der Waals surface area contributed by atoms with Gasteiger partial charge in [0.15, 0.2) is 0 Å². The number of hydrogen-bond acceptors (Lipinski definition) is 1. The molecule has 0 aliphatic rings. The van der Waals surface area contributed by atoms with E-state index in [1.54, 1.807) is 11.0 Å². The Hall–Kier alpha value is -3.22. The third kappa shape index (κ3) is 5.65. The average Bonchev–Trinajstić information content (AvgIpc) is 3.09. The SMILES string of the molecule is CC(C)CN(Cc1cccn1Cc1cccc(F)c1)C(=O)Nc1ccc(F)cc1F. The number of carbonyl (C=O) groups is 1.